The molecule has 0 heterocycles. The highest BCUT2D eigenvalue weighted by Gasteiger charge is 2.29. The first-order valence-electron chi connectivity index (χ1n) is 9.33. The molecule has 0 bridgehead atoms. The van der Waals surface area contributed by atoms with Crippen molar-refractivity contribution in [3.8, 4) is 5.75 Å². The molecular weight excluding hydrogens is 376 g/mol. The van der Waals surface area contributed by atoms with E-state index in [2.05, 4.69) is 5.32 Å². The predicted octanol–water partition coefficient (Wildman–Crippen LogP) is 3.36. The van der Waals surface area contributed by atoms with Crippen molar-refractivity contribution in [1.82, 2.24) is 5.32 Å². The lowest BCUT2D eigenvalue weighted by Crippen LogP contribution is -2.42. The molecule has 0 atom stereocenters. The fourth-order valence-corrected chi connectivity index (χ4v) is 4.01. The van der Waals surface area contributed by atoms with Crippen molar-refractivity contribution in [2.45, 2.75) is 32.6 Å². The number of aryl methyl sites for hydroxylation is 1. The topological polar surface area (TPSA) is 75.7 Å². The quantitative estimate of drug-likeness (QED) is 0.695. The number of amides is 1. The monoisotopic (exact) mass is 404 g/mol. The Balaban J connectivity index is 2.47. The third-order valence-corrected chi connectivity index (χ3v) is 5.81. The summed E-state index contributed by atoms with van der Waals surface area (Å²) in [5, 5.41) is 2.78. The minimum Gasteiger partial charge on any atom is -0.492 e. The zero-order valence-corrected chi connectivity index (χ0v) is 17.6. The third-order valence-electron chi connectivity index (χ3n) is 4.04. The molecule has 0 aromatic heterocycles. The van der Waals surface area contributed by atoms with Gasteiger partial charge in [-0.15, -0.1) is 0 Å². The van der Waals surface area contributed by atoms with Gasteiger partial charge in [-0.2, -0.15) is 0 Å². The van der Waals surface area contributed by atoms with Gasteiger partial charge in [0.1, 0.15) is 12.3 Å². The van der Waals surface area contributed by atoms with Crippen LogP contribution >= 0.6 is 0 Å². The molecule has 0 spiro atoms. The summed E-state index contributed by atoms with van der Waals surface area (Å²) in [5.74, 6) is 0.315. The largest absolute Gasteiger partial charge is 0.492 e. The molecule has 0 radical (unpaired) electrons. The van der Waals surface area contributed by atoms with E-state index in [1.54, 1.807) is 48.5 Å². The maximum absolute atomic E-state index is 13.4. The Bertz CT molecular complexity index is 893. The van der Waals surface area contributed by atoms with Crippen molar-refractivity contribution < 1.29 is 17.9 Å². The zero-order valence-electron chi connectivity index (χ0n) is 16.8. The number of anilines is 1. The number of hydrogen-bond donors (Lipinski definition) is 1. The van der Waals surface area contributed by atoms with E-state index in [1.165, 1.54) is 0 Å². The molecule has 28 heavy (non-hydrogen) atoms. The van der Waals surface area contributed by atoms with Gasteiger partial charge in [0.2, 0.25) is 5.91 Å². The van der Waals surface area contributed by atoms with Crippen LogP contribution in [0.15, 0.2) is 53.4 Å². The molecule has 7 heteroatoms. The van der Waals surface area contributed by atoms with Gasteiger partial charge in [-0.3, -0.25) is 9.10 Å². The van der Waals surface area contributed by atoms with Gasteiger partial charge >= 0.3 is 0 Å². The molecule has 2 aromatic carbocycles. The minimum absolute atomic E-state index is 0.126. The number of ether oxygens (including phenoxy) is 1. The molecule has 6 nitrogen and oxygen atoms in total. The summed E-state index contributed by atoms with van der Waals surface area (Å²) in [5.41, 5.74) is 1.29. The van der Waals surface area contributed by atoms with Crippen LogP contribution in [0.3, 0.4) is 0 Å². The van der Waals surface area contributed by atoms with Gasteiger partial charge in [0.25, 0.3) is 10.0 Å². The standard InChI is InChI=1S/C21H28N2O4S/c1-5-27-20-9-7-6-8-19(20)23(15-21(24)22-14-16(2)3)28(25,26)18-12-10-17(4)11-13-18/h6-13,16H,5,14-15H2,1-4H3,(H,22,24). The van der Waals surface area contributed by atoms with Crippen molar-refractivity contribution >= 4 is 21.6 Å². The summed E-state index contributed by atoms with van der Waals surface area (Å²) >= 11 is 0. The van der Waals surface area contributed by atoms with Crippen molar-refractivity contribution in [3.05, 3.63) is 54.1 Å². The lowest BCUT2D eigenvalue weighted by Gasteiger charge is -2.26. The second-order valence-electron chi connectivity index (χ2n) is 6.92. The summed E-state index contributed by atoms with van der Waals surface area (Å²) < 4.78 is 33.4. The van der Waals surface area contributed by atoms with E-state index in [1.807, 2.05) is 27.7 Å². The minimum atomic E-state index is -3.95. The zero-order chi connectivity index (χ0) is 20.7. The number of hydrogen-bond acceptors (Lipinski definition) is 4. The number of rotatable bonds is 9. The molecule has 152 valence electrons. The van der Waals surface area contributed by atoms with Crippen LogP contribution in [-0.4, -0.2) is 34.0 Å². The molecule has 0 aliphatic heterocycles. The molecule has 0 unspecified atom stereocenters. The SMILES string of the molecule is CCOc1ccccc1N(CC(=O)NCC(C)C)S(=O)(=O)c1ccc(C)cc1. The number of sulfonamides is 1. The van der Waals surface area contributed by atoms with Gasteiger partial charge in [0.15, 0.2) is 0 Å². The first-order chi connectivity index (χ1) is 13.3. The van der Waals surface area contributed by atoms with E-state index < -0.39 is 10.0 Å². The Hall–Kier alpha value is -2.54. The van der Waals surface area contributed by atoms with Crippen LogP contribution in [0.1, 0.15) is 26.3 Å². The average molecular weight is 405 g/mol. The van der Waals surface area contributed by atoms with E-state index >= 15 is 0 Å². The summed E-state index contributed by atoms with van der Waals surface area (Å²) in [6, 6.07) is 13.4. The number of carbonyl (C=O) groups is 1. The summed E-state index contributed by atoms with van der Waals surface area (Å²) in [7, 11) is -3.95. The highest BCUT2D eigenvalue weighted by molar-refractivity contribution is 7.92. The normalized spacial score (nSPS) is 11.3. The van der Waals surface area contributed by atoms with E-state index in [-0.39, 0.29) is 23.3 Å². The van der Waals surface area contributed by atoms with Gasteiger partial charge in [0, 0.05) is 6.54 Å². The molecule has 1 N–H and O–H groups in total. The van der Waals surface area contributed by atoms with Crippen LogP contribution in [-0.2, 0) is 14.8 Å². The smallest absolute Gasteiger partial charge is 0.264 e. The van der Waals surface area contributed by atoms with Crippen LogP contribution in [0.4, 0.5) is 5.69 Å². The van der Waals surface area contributed by atoms with Crippen molar-refractivity contribution in [3.63, 3.8) is 0 Å². The fraction of sp³-hybridized carbons (Fsp3) is 0.381. The number of carbonyl (C=O) groups excluding carboxylic acids is 1. The molecular formula is C21H28N2O4S. The number of benzene rings is 2. The maximum atomic E-state index is 13.4. The Labute approximate surface area is 167 Å². The summed E-state index contributed by atoms with van der Waals surface area (Å²) in [6.45, 7) is 8.20. The molecule has 2 aromatic rings. The van der Waals surface area contributed by atoms with Gasteiger partial charge in [0.05, 0.1) is 17.2 Å². The lowest BCUT2D eigenvalue weighted by atomic mass is 10.2. The molecule has 0 saturated carbocycles. The highest BCUT2D eigenvalue weighted by atomic mass is 32.2. The number of para-hydroxylation sites is 2. The van der Waals surface area contributed by atoms with Crippen LogP contribution in [0, 0.1) is 12.8 Å². The van der Waals surface area contributed by atoms with Gasteiger partial charge < -0.3 is 10.1 Å². The maximum Gasteiger partial charge on any atom is 0.264 e. The summed E-state index contributed by atoms with van der Waals surface area (Å²) in [4.78, 5) is 12.6. The second-order valence-corrected chi connectivity index (χ2v) is 8.79. The van der Waals surface area contributed by atoms with Crippen LogP contribution in [0.2, 0.25) is 0 Å². The average Bonchev–Trinajstić information content (AvgIpc) is 2.65. The van der Waals surface area contributed by atoms with Crippen molar-refractivity contribution in [1.29, 1.82) is 0 Å². The summed E-state index contributed by atoms with van der Waals surface area (Å²) in [6.07, 6.45) is 0. The molecule has 0 aliphatic rings. The van der Waals surface area contributed by atoms with E-state index in [4.69, 9.17) is 4.74 Å². The number of nitrogens with zero attached hydrogens (tertiary/aromatic N) is 1. The van der Waals surface area contributed by atoms with Gasteiger partial charge in [-0.05, 0) is 44.0 Å². The lowest BCUT2D eigenvalue weighted by molar-refractivity contribution is -0.119. The van der Waals surface area contributed by atoms with Crippen molar-refractivity contribution in [2.24, 2.45) is 5.92 Å². The van der Waals surface area contributed by atoms with Gasteiger partial charge in [-0.25, -0.2) is 8.42 Å². The Morgan fingerprint density at radius 1 is 1.11 bits per heavy atom. The predicted molar refractivity (Wildman–Crippen MR) is 111 cm³/mol. The molecule has 0 fully saturated rings. The van der Waals surface area contributed by atoms with Crippen LogP contribution in [0.5, 0.6) is 5.75 Å². The second kappa shape index (κ2) is 9.59. The van der Waals surface area contributed by atoms with Crippen molar-refractivity contribution in [2.75, 3.05) is 24.0 Å². The molecule has 0 saturated heterocycles. The fourth-order valence-electron chi connectivity index (χ4n) is 2.58. The third kappa shape index (κ3) is 5.48. The Morgan fingerprint density at radius 3 is 2.36 bits per heavy atom. The molecule has 0 aliphatic carbocycles. The Kier molecular flexibility index (Phi) is 7.45. The first kappa shape index (κ1) is 21.8. The van der Waals surface area contributed by atoms with Gasteiger partial charge in [-0.1, -0.05) is 43.7 Å². The molecule has 2 rings (SSSR count). The highest BCUT2D eigenvalue weighted by Crippen LogP contribution is 2.32. The van der Waals surface area contributed by atoms with E-state index in [9.17, 15) is 13.2 Å². The van der Waals surface area contributed by atoms with E-state index in [0.717, 1.165) is 9.87 Å². The van der Waals surface area contributed by atoms with E-state index in [0.29, 0.717) is 24.6 Å². The van der Waals surface area contributed by atoms with Crippen LogP contribution in [0.25, 0.3) is 0 Å². The number of nitrogens with one attached hydrogen (secondary N) is 1. The molecule has 1 amide bonds. The van der Waals surface area contributed by atoms with Crippen LogP contribution < -0.4 is 14.4 Å². The first-order valence-corrected chi connectivity index (χ1v) is 10.8. The Morgan fingerprint density at radius 2 is 1.75 bits per heavy atom.